The van der Waals surface area contributed by atoms with Crippen molar-refractivity contribution in [1.82, 2.24) is 19.1 Å². The van der Waals surface area contributed by atoms with Crippen LogP contribution in [0.5, 0.6) is 5.88 Å². The molecule has 2 aromatic heterocycles. The molecule has 0 aromatic carbocycles. The highest BCUT2D eigenvalue weighted by atomic mass is 19.1. The summed E-state index contributed by atoms with van der Waals surface area (Å²) in [6.07, 6.45) is 7.10. The molecule has 0 bridgehead atoms. The van der Waals surface area contributed by atoms with Crippen LogP contribution in [0.2, 0.25) is 0 Å². The minimum Gasteiger partial charge on any atom is -0.477 e. The summed E-state index contributed by atoms with van der Waals surface area (Å²) in [6, 6.07) is 3.62. The number of anilines is 1. The van der Waals surface area contributed by atoms with Gasteiger partial charge in [-0.05, 0) is 36.8 Å². The molecule has 0 radical (unpaired) electrons. The Hall–Kier alpha value is -3.76. The maximum absolute atomic E-state index is 14.8. The molecule has 0 spiro atoms. The second kappa shape index (κ2) is 10.2. The van der Waals surface area contributed by atoms with E-state index < -0.39 is 29.2 Å². The number of carboxylic acid groups (broad SMARTS) is 1. The first kappa shape index (κ1) is 24.4. The SMILES string of the molecule is CC1CCC(Cn2c(NC3C=CC(Oc4cccc(C(=O)O)n4)=C(F)C3)nc(=O)n(C)c2=O)CC1. The Morgan fingerprint density at radius 2 is 1.97 bits per heavy atom. The second-order valence-corrected chi connectivity index (χ2v) is 9.15. The lowest BCUT2D eigenvalue weighted by Crippen LogP contribution is -2.43. The monoisotopic (exact) mass is 485 g/mol. The van der Waals surface area contributed by atoms with Crippen molar-refractivity contribution in [2.45, 2.75) is 51.6 Å². The number of hydrogen-bond donors (Lipinski definition) is 2. The third kappa shape index (κ3) is 5.67. The summed E-state index contributed by atoms with van der Waals surface area (Å²) in [4.78, 5) is 44.0. The molecule has 10 nitrogen and oxygen atoms in total. The topological polar surface area (TPSA) is 128 Å². The number of pyridine rings is 1. The largest absolute Gasteiger partial charge is 0.477 e. The zero-order chi connectivity index (χ0) is 25.1. The van der Waals surface area contributed by atoms with E-state index in [2.05, 4.69) is 22.2 Å². The van der Waals surface area contributed by atoms with Crippen molar-refractivity contribution < 1.29 is 19.0 Å². The van der Waals surface area contributed by atoms with Crippen LogP contribution in [-0.4, -0.2) is 36.2 Å². The molecule has 1 saturated carbocycles. The maximum Gasteiger partial charge on any atom is 0.354 e. The van der Waals surface area contributed by atoms with E-state index in [1.807, 2.05) is 0 Å². The van der Waals surface area contributed by atoms with Gasteiger partial charge in [-0.1, -0.05) is 31.9 Å². The Labute approximate surface area is 200 Å². The van der Waals surface area contributed by atoms with Crippen LogP contribution in [0.25, 0.3) is 0 Å². The van der Waals surface area contributed by atoms with Crippen LogP contribution in [0, 0.1) is 11.8 Å². The van der Waals surface area contributed by atoms with E-state index in [4.69, 9.17) is 9.84 Å². The third-order valence-electron chi connectivity index (χ3n) is 6.46. The number of aromatic nitrogens is 4. The lowest BCUT2D eigenvalue weighted by atomic mass is 9.83. The van der Waals surface area contributed by atoms with E-state index in [0.29, 0.717) is 18.4 Å². The Morgan fingerprint density at radius 1 is 1.23 bits per heavy atom. The molecule has 2 N–H and O–H groups in total. The van der Waals surface area contributed by atoms with Gasteiger partial charge >= 0.3 is 17.3 Å². The average molecular weight is 486 g/mol. The van der Waals surface area contributed by atoms with Gasteiger partial charge in [-0.15, -0.1) is 0 Å². The molecular weight excluding hydrogens is 457 g/mol. The quantitative estimate of drug-likeness (QED) is 0.613. The fraction of sp³-hybridized carbons (Fsp3) is 0.458. The molecule has 0 aliphatic heterocycles. The highest BCUT2D eigenvalue weighted by molar-refractivity contribution is 5.85. The molecule has 2 aliphatic carbocycles. The summed E-state index contributed by atoms with van der Waals surface area (Å²) in [5, 5.41) is 12.1. The number of rotatable bonds is 7. The average Bonchev–Trinajstić information content (AvgIpc) is 2.83. The van der Waals surface area contributed by atoms with Crippen LogP contribution in [-0.2, 0) is 13.6 Å². The second-order valence-electron chi connectivity index (χ2n) is 9.15. The number of carbonyl (C=O) groups is 1. The van der Waals surface area contributed by atoms with Crippen molar-refractivity contribution in [3.05, 3.63) is 68.6 Å². The Bertz CT molecular complexity index is 1290. The number of halogens is 1. The Balaban J connectivity index is 1.50. The van der Waals surface area contributed by atoms with Gasteiger partial charge in [0.25, 0.3) is 0 Å². The van der Waals surface area contributed by atoms with Crippen molar-refractivity contribution in [3.63, 3.8) is 0 Å². The minimum absolute atomic E-state index is 0.0463. The molecule has 4 rings (SSSR count). The standard InChI is InChI=1S/C24H28FN5O5/c1-14-6-8-15(9-7-14)13-30-22(28-23(33)29(2)24(30)34)26-16-10-11-19(17(25)12-16)35-20-5-3-4-18(27-20)21(31)32/h3-5,10-11,14-16H,6-9,12-13H2,1-2H3,(H,31,32)(H,26,28,33). The summed E-state index contributed by atoms with van der Waals surface area (Å²) in [5.74, 6) is -0.872. The van der Waals surface area contributed by atoms with Crippen LogP contribution in [0.4, 0.5) is 10.3 Å². The van der Waals surface area contributed by atoms with Crippen LogP contribution < -0.4 is 21.4 Å². The number of aromatic carboxylic acids is 1. The van der Waals surface area contributed by atoms with Crippen molar-refractivity contribution in [1.29, 1.82) is 0 Å². The summed E-state index contributed by atoms with van der Waals surface area (Å²) in [6.45, 7) is 2.65. The predicted octanol–water partition coefficient (Wildman–Crippen LogP) is 2.86. The molecule has 1 fully saturated rings. The summed E-state index contributed by atoms with van der Waals surface area (Å²) < 4.78 is 22.7. The Morgan fingerprint density at radius 3 is 2.66 bits per heavy atom. The minimum atomic E-state index is -1.22. The van der Waals surface area contributed by atoms with Gasteiger partial charge in [-0.25, -0.2) is 28.3 Å². The molecule has 1 atom stereocenters. The molecule has 186 valence electrons. The van der Waals surface area contributed by atoms with Crippen molar-refractivity contribution in [2.24, 2.45) is 18.9 Å². The molecule has 35 heavy (non-hydrogen) atoms. The fourth-order valence-corrected chi connectivity index (χ4v) is 4.34. The number of hydrogen-bond acceptors (Lipinski definition) is 7. The first-order chi connectivity index (χ1) is 16.7. The van der Waals surface area contributed by atoms with Gasteiger partial charge < -0.3 is 15.2 Å². The van der Waals surface area contributed by atoms with Gasteiger partial charge in [0.1, 0.15) is 5.83 Å². The summed E-state index contributed by atoms with van der Waals surface area (Å²) in [7, 11) is 1.39. The molecule has 2 aromatic rings. The highest BCUT2D eigenvalue weighted by Crippen LogP contribution is 2.30. The molecule has 2 heterocycles. The molecule has 1 unspecified atom stereocenters. The van der Waals surface area contributed by atoms with E-state index in [1.165, 1.54) is 35.9 Å². The van der Waals surface area contributed by atoms with Crippen molar-refractivity contribution >= 4 is 11.9 Å². The zero-order valence-electron chi connectivity index (χ0n) is 19.6. The number of allylic oxidation sites excluding steroid dienone is 1. The fourth-order valence-electron chi connectivity index (χ4n) is 4.34. The van der Waals surface area contributed by atoms with Gasteiger partial charge in [0, 0.05) is 26.1 Å². The summed E-state index contributed by atoms with van der Waals surface area (Å²) >= 11 is 0. The lowest BCUT2D eigenvalue weighted by Gasteiger charge is -2.28. The lowest BCUT2D eigenvalue weighted by molar-refractivity contribution is 0.0689. The van der Waals surface area contributed by atoms with Gasteiger partial charge in [-0.2, -0.15) is 4.98 Å². The number of nitrogens with one attached hydrogen (secondary N) is 1. The van der Waals surface area contributed by atoms with Crippen molar-refractivity contribution in [2.75, 3.05) is 5.32 Å². The third-order valence-corrected chi connectivity index (χ3v) is 6.46. The first-order valence-corrected chi connectivity index (χ1v) is 11.6. The summed E-state index contributed by atoms with van der Waals surface area (Å²) in [5.41, 5.74) is -1.37. The first-order valence-electron chi connectivity index (χ1n) is 11.6. The van der Waals surface area contributed by atoms with Crippen LogP contribution in [0.1, 0.15) is 49.5 Å². The Kier molecular flexibility index (Phi) is 7.13. The van der Waals surface area contributed by atoms with Crippen LogP contribution >= 0.6 is 0 Å². The maximum atomic E-state index is 14.8. The van der Waals surface area contributed by atoms with Crippen LogP contribution in [0.15, 0.2) is 51.5 Å². The number of ether oxygens (including phenoxy) is 1. The van der Waals surface area contributed by atoms with Crippen molar-refractivity contribution in [3.8, 4) is 5.88 Å². The van der Waals surface area contributed by atoms with Gasteiger partial charge in [0.05, 0.1) is 6.04 Å². The van der Waals surface area contributed by atoms with Gasteiger partial charge in [0.2, 0.25) is 11.8 Å². The molecule has 11 heteroatoms. The normalized spacial score (nSPS) is 22.2. The zero-order valence-corrected chi connectivity index (χ0v) is 19.6. The highest BCUT2D eigenvalue weighted by Gasteiger charge is 2.24. The van der Waals surface area contributed by atoms with E-state index in [9.17, 15) is 18.8 Å². The van der Waals surface area contributed by atoms with Gasteiger partial charge in [-0.3, -0.25) is 4.57 Å². The van der Waals surface area contributed by atoms with E-state index in [-0.39, 0.29) is 29.7 Å². The molecule has 0 saturated heterocycles. The van der Waals surface area contributed by atoms with E-state index in [1.54, 1.807) is 6.08 Å². The molecule has 0 amide bonds. The number of nitrogens with zero attached hydrogens (tertiary/aromatic N) is 4. The van der Waals surface area contributed by atoms with Gasteiger partial charge in [0.15, 0.2) is 11.5 Å². The number of carboxylic acids is 1. The smallest absolute Gasteiger partial charge is 0.354 e. The van der Waals surface area contributed by atoms with E-state index >= 15 is 0 Å². The molecule has 2 aliphatic rings. The van der Waals surface area contributed by atoms with Crippen LogP contribution in [0.3, 0.4) is 0 Å². The molecular formula is C24H28FN5O5. The van der Waals surface area contributed by atoms with E-state index in [0.717, 1.165) is 30.3 Å². The predicted molar refractivity (Wildman–Crippen MR) is 126 cm³/mol.